The number of H-pyrrole nitrogens is 1. The highest BCUT2D eigenvalue weighted by molar-refractivity contribution is 5.75. The highest BCUT2D eigenvalue weighted by atomic mass is 14.9. The van der Waals surface area contributed by atoms with E-state index in [2.05, 4.69) is 33.5 Å². The summed E-state index contributed by atoms with van der Waals surface area (Å²) in [5, 5.41) is 3.51. The average Bonchev–Trinajstić information content (AvgIpc) is 2.96. The van der Waals surface area contributed by atoms with Gasteiger partial charge in [-0.3, -0.25) is 0 Å². The van der Waals surface area contributed by atoms with Gasteiger partial charge < -0.3 is 10.3 Å². The van der Waals surface area contributed by atoms with Gasteiger partial charge in [0.1, 0.15) is 5.82 Å². The lowest BCUT2D eigenvalue weighted by Crippen LogP contribution is -2.15. The third kappa shape index (κ3) is 1.88. The Hall–Kier alpha value is -1.35. The maximum absolute atomic E-state index is 4.39. The van der Waals surface area contributed by atoms with Gasteiger partial charge in [-0.05, 0) is 37.5 Å². The van der Waals surface area contributed by atoms with E-state index in [9.17, 15) is 0 Å². The standard InChI is InChI=1S/C12H15N3/c1-8-14-11-5-2-9(6-12(11)15-8)7-13-10-3-4-10/h2,5-6,10,13H,3-4,7H2,1H3,(H,14,15). The molecule has 15 heavy (non-hydrogen) atoms. The van der Waals surface area contributed by atoms with Gasteiger partial charge in [-0.1, -0.05) is 6.07 Å². The van der Waals surface area contributed by atoms with Crippen molar-refractivity contribution in [3.63, 3.8) is 0 Å². The summed E-state index contributed by atoms with van der Waals surface area (Å²) in [7, 11) is 0. The quantitative estimate of drug-likeness (QED) is 0.798. The van der Waals surface area contributed by atoms with Crippen molar-refractivity contribution in [1.82, 2.24) is 15.3 Å². The summed E-state index contributed by atoms with van der Waals surface area (Å²) in [6.07, 6.45) is 2.68. The lowest BCUT2D eigenvalue weighted by atomic mass is 10.2. The number of imidazole rings is 1. The van der Waals surface area contributed by atoms with Crippen molar-refractivity contribution in [3.05, 3.63) is 29.6 Å². The molecule has 0 atom stereocenters. The van der Waals surface area contributed by atoms with Crippen LogP contribution in [-0.2, 0) is 6.54 Å². The van der Waals surface area contributed by atoms with Gasteiger partial charge in [0.15, 0.2) is 0 Å². The predicted molar refractivity (Wildman–Crippen MR) is 60.7 cm³/mol. The topological polar surface area (TPSA) is 40.7 Å². The number of aryl methyl sites for hydroxylation is 1. The van der Waals surface area contributed by atoms with Crippen molar-refractivity contribution in [1.29, 1.82) is 0 Å². The van der Waals surface area contributed by atoms with E-state index >= 15 is 0 Å². The van der Waals surface area contributed by atoms with Crippen LogP contribution in [0.25, 0.3) is 11.0 Å². The first-order valence-corrected chi connectivity index (χ1v) is 5.50. The first kappa shape index (κ1) is 8.92. The number of hydrogen-bond donors (Lipinski definition) is 2. The van der Waals surface area contributed by atoms with E-state index in [1.165, 1.54) is 18.4 Å². The number of fused-ring (bicyclic) bond motifs is 1. The molecule has 3 heteroatoms. The number of benzene rings is 1. The van der Waals surface area contributed by atoms with Gasteiger partial charge in [0.05, 0.1) is 11.0 Å². The zero-order valence-electron chi connectivity index (χ0n) is 8.88. The Bertz CT molecular complexity index is 483. The number of nitrogens with one attached hydrogen (secondary N) is 2. The van der Waals surface area contributed by atoms with Gasteiger partial charge >= 0.3 is 0 Å². The molecule has 1 saturated carbocycles. The van der Waals surface area contributed by atoms with E-state index in [1.807, 2.05) is 6.92 Å². The lowest BCUT2D eigenvalue weighted by Gasteiger charge is -2.02. The van der Waals surface area contributed by atoms with E-state index in [0.29, 0.717) is 0 Å². The van der Waals surface area contributed by atoms with Crippen molar-refractivity contribution in [2.24, 2.45) is 0 Å². The molecule has 78 valence electrons. The summed E-state index contributed by atoms with van der Waals surface area (Å²) in [6, 6.07) is 7.19. The lowest BCUT2D eigenvalue weighted by molar-refractivity contribution is 0.688. The molecule has 2 aromatic rings. The van der Waals surface area contributed by atoms with Crippen LogP contribution in [0, 0.1) is 6.92 Å². The van der Waals surface area contributed by atoms with Gasteiger partial charge in [0.25, 0.3) is 0 Å². The first-order valence-electron chi connectivity index (χ1n) is 5.50. The minimum atomic E-state index is 0.768. The molecule has 3 nitrogen and oxygen atoms in total. The Balaban J connectivity index is 1.84. The monoisotopic (exact) mass is 201 g/mol. The molecule has 0 unspecified atom stereocenters. The Morgan fingerprint density at radius 1 is 1.47 bits per heavy atom. The van der Waals surface area contributed by atoms with Crippen LogP contribution < -0.4 is 5.32 Å². The molecule has 1 aliphatic rings. The van der Waals surface area contributed by atoms with E-state index < -0.39 is 0 Å². The Labute approximate surface area is 88.9 Å². The van der Waals surface area contributed by atoms with Gasteiger partial charge in [-0.15, -0.1) is 0 Å². The van der Waals surface area contributed by atoms with Crippen LogP contribution in [0.5, 0.6) is 0 Å². The number of aromatic nitrogens is 2. The zero-order valence-corrected chi connectivity index (χ0v) is 8.88. The molecule has 1 aliphatic carbocycles. The normalized spacial score (nSPS) is 16.1. The van der Waals surface area contributed by atoms with Gasteiger partial charge in [-0.2, -0.15) is 0 Å². The van der Waals surface area contributed by atoms with Gasteiger partial charge in [0.2, 0.25) is 0 Å². The molecule has 0 aliphatic heterocycles. The van der Waals surface area contributed by atoms with E-state index in [1.54, 1.807) is 0 Å². The smallest absolute Gasteiger partial charge is 0.104 e. The summed E-state index contributed by atoms with van der Waals surface area (Å²) < 4.78 is 0. The Morgan fingerprint density at radius 3 is 3.13 bits per heavy atom. The molecule has 0 bridgehead atoms. The molecule has 1 fully saturated rings. The number of nitrogens with zero attached hydrogens (tertiary/aromatic N) is 1. The number of hydrogen-bond acceptors (Lipinski definition) is 2. The second kappa shape index (κ2) is 3.35. The summed E-state index contributed by atoms with van der Waals surface area (Å²) in [4.78, 5) is 7.65. The molecule has 0 saturated heterocycles. The molecule has 2 N–H and O–H groups in total. The van der Waals surface area contributed by atoms with E-state index in [-0.39, 0.29) is 0 Å². The minimum Gasteiger partial charge on any atom is -0.342 e. The summed E-state index contributed by atoms with van der Waals surface area (Å²) in [5.74, 6) is 0.984. The SMILES string of the molecule is Cc1nc2ccc(CNC3CC3)cc2[nH]1. The van der Waals surface area contributed by atoms with Crippen LogP contribution in [-0.4, -0.2) is 16.0 Å². The molecule has 1 aromatic heterocycles. The number of aromatic amines is 1. The average molecular weight is 201 g/mol. The number of rotatable bonds is 3. The fourth-order valence-electron chi connectivity index (χ4n) is 1.84. The van der Waals surface area contributed by atoms with Gasteiger partial charge in [0, 0.05) is 12.6 Å². The molecule has 1 aromatic carbocycles. The third-order valence-electron chi connectivity index (χ3n) is 2.84. The first-order chi connectivity index (χ1) is 7.31. The second-order valence-electron chi connectivity index (χ2n) is 4.33. The molecule has 0 radical (unpaired) electrons. The van der Waals surface area contributed by atoms with Crippen LogP contribution in [0.2, 0.25) is 0 Å². The highest BCUT2D eigenvalue weighted by Crippen LogP contribution is 2.20. The predicted octanol–water partition coefficient (Wildman–Crippen LogP) is 2.12. The van der Waals surface area contributed by atoms with Crippen molar-refractivity contribution in [2.75, 3.05) is 0 Å². The van der Waals surface area contributed by atoms with E-state index in [4.69, 9.17) is 0 Å². The fraction of sp³-hybridized carbons (Fsp3) is 0.417. The molecule has 0 spiro atoms. The molecule has 0 amide bonds. The molecule has 1 heterocycles. The second-order valence-corrected chi connectivity index (χ2v) is 4.33. The maximum Gasteiger partial charge on any atom is 0.104 e. The minimum absolute atomic E-state index is 0.768. The molecular weight excluding hydrogens is 186 g/mol. The van der Waals surface area contributed by atoms with Crippen molar-refractivity contribution >= 4 is 11.0 Å². The Kier molecular flexibility index (Phi) is 1.99. The van der Waals surface area contributed by atoms with Crippen LogP contribution in [0.4, 0.5) is 0 Å². The van der Waals surface area contributed by atoms with Gasteiger partial charge in [-0.25, -0.2) is 4.98 Å². The zero-order chi connectivity index (χ0) is 10.3. The van der Waals surface area contributed by atoms with E-state index in [0.717, 1.165) is 29.4 Å². The maximum atomic E-state index is 4.39. The fourth-order valence-corrected chi connectivity index (χ4v) is 1.84. The largest absolute Gasteiger partial charge is 0.342 e. The highest BCUT2D eigenvalue weighted by Gasteiger charge is 2.19. The summed E-state index contributed by atoms with van der Waals surface area (Å²) >= 11 is 0. The third-order valence-corrected chi connectivity index (χ3v) is 2.84. The van der Waals surface area contributed by atoms with Crippen molar-refractivity contribution in [3.8, 4) is 0 Å². The molecular formula is C12H15N3. The summed E-state index contributed by atoms with van der Waals surface area (Å²) in [6.45, 7) is 2.96. The molecule has 3 rings (SSSR count). The summed E-state index contributed by atoms with van der Waals surface area (Å²) in [5.41, 5.74) is 3.53. The Morgan fingerprint density at radius 2 is 2.33 bits per heavy atom. The van der Waals surface area contributed by atoms with Crippen LogP contribution >= 0.6 is 0 Å². The van der Waals surface area contributed by atoms with Crippen molar-refractivity contribution in [2.45, 2.75) is 32.4 Å². The van der Waals surface area contributed by atoms with Crippen LogP contribution in [0.1, 0.15) is 24.2 Å². The van der Waals surface area contributed by atoms with Crippen molar-refractivity contribution < 1.29 is 0 Å². The van der Waals surface area contributed by atoms with Crippen LogP contribution in [0.3, 0.4) is 0 Å². The van der Waals surface area contributed by atoms with Crippen LogP contribution in [0.15, 0.2) is 18.2 Å².